The first-order valence-electron chi connectivity index (χ1n) is 8.16. The van der Waals surface area contributed by atoms with Gasteiger partial charge in [-0.2, -0.15) is 4.98 Å². The molecule has 0 atom stereocenters. The third-order valence-corrected chi connectivity index (χ3v) is 3.84. The van der Waals surface area contributed by atoms with Crippen molar-refractivity contribution in [1.82, 2.24) is 25.8 Å². The molecule has 0 aliphatic carbocycles. The van der Waals surface area contributed by atoms with Gasteiger partial charge in [-0.3, -0.25) is 4.79 Å². The molecular weight excluding hydrogens is 308 g/mol. The van der Waals surface area contributed by atoms with Crippen LogP contribution in [0.1, 0.15) is 41.8 Å². The molecule has 0 unspecified atom stereocenters. The molecule has 1 aliphatic heterocycles. The Bertz CT molecular complexity index is 676. The maximum Gasteiger partial charge on any atom is 0.253 e. The monoisotopic (exact) mass is 330 g/mol. The second-order valence-electron chi connectivity index (χ2n) is 6.03. The van der Waals surface area contributed by atoms with Crippen molar-refractivity contribution >= 4 is 11.7 Å². The Hall–Kier alpha value is -2.48. The van der Waals surface area contributed by atoms with Crippen LogP contribution in [-0.4, -0.2) is 47.2 Å². The smallest absolute Gasteiger partial charge is 0.253 e. The predicted octanol–water partition coefficient (Wildman–Crippen LogP) is 0.928. The number of nitrogens with one attached hydrogen (secondary N) is 2. The molecule has 24 heavy (non-hydrogen) atoms. The van der Waals surface area contributed by atoms with Gasteiger partial charge in [0.1, 0.15) is 5.82 Å². The molecule has 2 N–H and O–H groups in total. The van der Waals surface area contributed by atoms with Gasteiger partial charge in [-0.1, -0.05) is 19.0 Å². The van der Waals surface area contributed by atoms with Crippen molar-refractivity contribution in [3.8, 4) is 0 Å². The summed E-state index contributed by atoms with van der Waals surface area (Å²) in [4.78, 5) is 23.0. The number of carbonyl (C=O) groups is 1. The van der Waals surface area contributed by atoms with E-state index in [0.29, 0.717) is 17.3 Å². The Kier molecular flexibility index (Phi) is 5.05. The van der Waals surface area contributed by atoms with Crippen molar-refractivity contribution in [2.75, 3.05) is 31.1 Å². The van der Waals surface area contributed by atoms with Crippen molar-refractivity contribution in [2.24, 2.45) is 0 Å². The van der Waals surface area contributed by atoms with Gasteiger partial charge in [-0.25, -0.2) is 4.98 Å². The van der Waals surface area contributed by atoms with E-state index in [9.17, 15) is 4.79 Å². The minimum atomic E-state index is -0.203. The lowest BCUT2D eigenvalue weighted by Gasteiger charge is -2.28. The fourth-order valence-electron chi connectivity index (χ4n) is 2.44. The molecule has 2 aromatic heterocycles. The molecule has 3 rings (SSSR count). The topological polar surface area (TPSA) is 96.2 Å². The van der Waals surface area contributed by atoms with Crippen LogP contribution in [-0.2, 0) is 6.54 Å². The fraction of sp³-hybridized carbons (Fsp3) is 0.500. The highest BCUT2D eigenvalue weighted by Gasteiger charge is 2.14. The van der Waals surface area contributed by atoms with Gasteiger partial charge in [-0.15, -0.1) is 0 Å². The van der Waals surface area contributed by atoms with Crippen LogP contribution in [0, 0.1) is 0 Å². The zero-order chi connectivity index (χ0) is 16.9. The highest BCUT2D eigenvalue weighted by atomic mass is 16.5. The van der Waals surface area contributed by atoms with Crippen LogP contribution in [0.2, 0.25) is 0 Å². The summed E-state index contributed by atoms with van der Waals surface area (Å²) >= 11 is 0. The normalized spacial score (nSPS) is 14.9. The molecule has 1 fully saturated rings. The quantitative estimate of drug-likeness (QED) is 0.842. The minimum absolute atomic E-state index is 0.170. The van der Waals surface area contributed by atoms with Gasteiger partial charge in [0, 0.05) is 38.3 Å². The Balaban J connectivity index is 1.56. The lowest BCUT2D eigenvalue weighted by molar-refractivity contribution is 0.0949. The number of pyridine rings is 1. The SMILES string of the molecule is CC(C)c1nc(CNC(=O)c2ccc(N3CCNCC3)nc2)no1. The van der Waals surface area contributed by atoms with Crippen molar-refractivity contribution in [1.29, 1.82) is 0 Å². The third-order valence-electron chi connectivity index (χ3n) is 3.84. The molecule has 2 aromatic rings. The molecule has 1 saturated heterocycles. The Morgan fingerprint density at radius 1 is 1.38 bits per heavy atom. The van der Waals surface area contributed by atoms with Gasteiger partial charge >= 0.3 is 0 Å². The zero-order valence-corrected chi connectivity index (χ0v) is 14.0. The van der Waals surface area contributed by atoms with E-state index in [1.165, 1.54) is 0 Å². The van der Waals surface area contributed by atoms with E-state index in [1.54, 1.807) is 12.3 Å². The summed E-state index contributed by atoms with van der Waals surface area (Å²) < 4.78 is 5.11. The molecular formula is C16H22N6O2. The van der Waals surface area contributed by atoms with E-state index < -0.39 is 0 Å². The molecule has 8 nitrogen and oxygen atoms in total. The summed E-state index contributed by atoms with van der Waals surface area (Å²) in [5.41, 5.74) is 0.515. The van der Waals surface area contributed by atoms with Crippen LogP contribution in [0.25, 0.3) is 0 Å². The van der Waals surface area contributed by atoms with Crippen LogP contribution >= 0.6 is 0 Å². The molecule has 0 spiro atoms. The first kappa shape index (κ1) is 16.4. The van der Waals surface area contributed by atoms with Crippen molar-refractivity contribution in [3.05, 3.63) is 35.6 Å². The van der Waals surface area contributed by atoms with Crippen LogP contribution in [0.4, 0.5) is 5.82 Å². The van der Waals surface area contributed by atoms with Crippen LogP contribution in [0.5, 0.6) is 0 Å². The summed E-state index contributed by atoms with van der Waals surface area (Å²) in [5.74, 6) is 1.90. The molecule has 1 aliphatic rings. The number of hydrogen-bond acceptors (Lipinski definition) is 7. The first-order valence-corrected chi connectivity index (χ1v) is 8.16. The van der Waals surface area contributed by atoms with Crippen molar-refractivity contribution in [2.45, 2.75) is 26.3 Å². The number of hydrogen-bond donors (Lipinski definition) is 2. The van der Waals surface area contributed by atoms with Gasteiger partial charge in [0.05, 0.1) is 12.1 Å². The van der Waals surface area contributed by atoms with Crippen LogP contribution in [0.15, 0.2) is 22.9 Å². The average Bonchev–Trinajstić information content (AvgIpc) is 3.10. The molecule has 3 heterocycles. The van der Waals surface area contributed by atoms with E-state index in [2.05, 4.69) is 30.7 Å². The van der Waals surface area contributed by atoms with E-state index in [4.69, 9.17) is 4.52 Å². The maximum atomic E-state index is 12.2. The van der Waals surface area contributed by atoms with Gasteiger partial charge in [0.2, 0.25) is 5.89 Å². The zero-order valence-electron chi connectivity index (χ0n) is 14.0. The second kappa shape index (κ2) is 7.39. The highest BCUT2D eigenvalue weighted by Crippen LogP contribution is 2.13. The lowest BCUT2D eigenvalue weighted by Crippen LogP contribution is -2.43. The Morgan fingerprint density at radius 2 is 2.17 bits per heavy atom. The third kappa shape index (κ3) is 3.88. The molecule has 8 heteroatoms. The van der Waals surface area contributed by atoms with Crippen molar-refractivity contribution < 1.29 is 9.32 Å². The van der Waals surface area contributed by atoms with Gasteiger partial charge in [-0.05, 0) is 12.1 Å². The molecule has 128 valence electrons. The van der Waals surface area contributed by atoms with Gasteiger partial charge in [0.25, 0.3) is 5.91 Å². The Morgan fingerprint density at radius 3 is 2.79 bits per heavy atom. The summed E-state index contributed by atoms with van der Waals surface area (Å²) in [7, 11) is 0. The number of anilines is 1. The van der Waals surface area contributed by atoms with E-state index in [1.807, 2.05) is 19.9 Å². The van der Waals surface area contributed by atoms with Crippen LogP contribution < -0.4 is 15.5 Å². The number of piperazine rings is 1. The van der Waals surface area contributed by atoms with Gasteiger partial charge in [0.15, 0.2) is 5.82 Å². The largest absolute Gasteiger partial charge is 0.354 e. The molecule has 0 aromatic carbocycles. The summed E-state index contributed by atoms with van der Waals surface area (Å²) in [6.45, 7) is 7.93. The lowest BCUT2D eigenvalue weighted by atomic mass is 10.2. The number of aromatic nitrogens is 3. The average molecular weight is 330 g/mol. The summed E-state index contributed by atoms with van der Waals surface area (Å²) in [6.07, 6.45) is 1.60. The number of amides is 1. The number of nitrogens with zero attached hydrogens (tertiary/aromatic N) is 4. The first-order chi connectivity index (χ1) is 11.6. The highest BCUT2D eigenvalue weighted by molar-refractivity contribution is 5.93. The Labute approximate surface area is 140 Å². The van der Waals surface area contributed by atoms with Crippen LogP contribution in [0.3, 0.4) is 0 Å². The number of rotatable bonds is 5. The van der Waals surface area contributed by atoms with E-state index in [-0.39, 0.29) is 18.4 Å². The number of carbonyl (C=O) groups excluding carboxylic acids is 1. The minimum Gasteiger partial charge on any atom is -0.354 e. The molecule has 0 bridgehead atoms. The summed E-state index contributed by atoms with van der Waals surface area (Å²) in [6, 6.07) is 3.67. The molecule has 0 saturated carbocycles. The van der Waals surface area contributed by atoms with E-state index in [0.717, 1.165) is 32.0 Å². The summed E-state index contributed by atoms with van der Waals surface area (Å²) in [5, 5.41) is 9.93. The molecule has 1 amide bonds. The maximum absolute atomic E-state index is 12.2. The van der Waals surface area contributed by atoms with Crippen molar-refractivity contribution in [3.63, 3.8) is 0 Å². The molecule has 0 radical (unpaired) electrons. The fourth-order valence-corrected chi connectivity index (χ4v) is 2.44. The van der Waals surface area contributed by atoms with Gasteiger partial charge < -0.3 is 20.1 Å². The standard InChI is InChI=1S/C16H22N6O2/c1-11(2)16-20-13(21-24-16)10-19-15(23)12-3-4-14(18-9-12)22-7-5-17-6-8-22/h3-4,9,11,17H,5-8,10H2,1-2H3,(H,19,23). The predicted molar refractivity (Wildman–Crippen MR) is 88.9 cm³/mol. The van der Waals surface area contributed by atoms with E-state index >= 15 is 0 Å². The second-order valence-corrected chi connectivity index (χ2v) is 6.03.